The lowest BCUT2D eigenvalue weighted by molar-refractivity contribution is 0.102. The molecule has 0 bridgehead atoms. The molecule has 4 N–H and O–H groups in total. The lowest BCUT2D eigenvalue weighted by Crippen LogP contribution is -2.12. The molecular weight excluding hydrogens is 492 g/mol. The highest BCUT2D eigenvalue weighted by atomic mass is 32.2. The van der Waals surface area contributed by atoms with Crippen LogP contribution in [0.3, 0.4) is 0 Å². The van der Waals surface area contributed by atoms with Crippen LogP contribution in [0.25, 0.3) is 11.0 Å². The number of nitrogens with two attached hydrogens (primary N) is 1. The fourth-order valence-corrected chi connectivity index (χ4v) is 4.75. The molecule has 0 aliphatic carbocycles. The van der Waals surface area contributed by atoms with Crippen molar-refractivity contribution in [3.63, 3.8) is 0 Å². The van der Waals surface area contributed by atoms with Gasteiger partial charge in [0.1, 0.15) is 17.7 Å². The Morgan fingerprint density at radius 1 is 1.06 bits per heavy atom. The molecule has 0 saturated heterocycles. The molecule has 5 rings (SSSR count). The zero-order valence-corrected chi connectivity index (χ0v) is 21.1. The summed E-state index contributed by atoms with van der Waals surface area (Å²) >= 11 is 2.81. The molecule has 0 fully saturated rings. The third-order valence-corrected chi connectivity index (χ3v) is 6.98. The van der Waals surface area contributed by atoms with E-state index in [1.807, 2.05) is 42.5 Å². The van der Waals surface area contributed by atoms with Gasteiger partial charge in [0, 0.05) is 26.7 Å². The molecule has 11 heteroatoms. The molecule has 0 aliphatic rings. The molecule has 3 heterocycles. The molecule has 36 heavy (non-hydrogen) atoms. The van der Waals surface area contributed by atoms with Crippen LogP contribution in [-0.4, -0.2) is 31.1 Å². The quantitative estimate of drug-likeness (QED) is 0.233. The van der Waals surface area contributed by atoms with E-state index in [0.717, 1.165) is 26.6 Å². The lowest BCUT2D eigenvalue weighted by atomic mass is 10.1. The van der Waals surface area contributed by atoms with E-state index in [9.17, 15) is 4.79 Å². The van der Waals surface area contributed by atoms with E-state index in [1.165, 1.54) is 17.7 Å². The fraction of sp³-hybridized carbons (Fsp3) is 0.120. The number of nitrogens with zero attached hydrogens (tertiary/aromatic N) is 5. The van der Waals surface area contributed by atoms with Crippen molar-refractivity contribution in [2.24, 2.45) is 0 Å². The lowest BCUT2D eigenvalue weighted by Gasteiger charge is -2.15. The highest BCUT2D eigenvalue weighted by Gasteiger charge is 2.15. The molecule has 2 aromatic carbocycles. The summed E-state index contributed by atoms with van der Waals surface area (Å²) in [6.45, 7) is 4.18. The first-order chi connectivity index (χ1) is 17.5. The number of pyridine rings is 1. The van der Waals surface area contributed by atoms with Gasteiger partial charge >= 0.3 is 0 Å². The van der Waals surface area contributed by atoms with Gasteiger partial charge in [0.15, 0.2) is 5.65 Å². The largest absolute Gasteiger partial charge is 0.399 e. The van der Waals surface area contributed by atoms with E-state index in [1.54, 1.807) is 29.4 Å². The van der Waals surface area contributed by atoms with Crippen LogP contribution in [0.4, 0.5) is 22.3 Å². The molecule has 1 amide bonds. The van der Waals surface area contributed by atoms with E-state index < -0.39 is 0 Å². The van der Waals surface area contributed by atoms with Gasteiger partial charge in [-0.3, -0.25) is 10.1 Å². The van der Waals surface area contributed by atoms with E-state index in [0.29, 0.717) is 27.8 Å². The number of aromatic nitrogens is 5. The third-order valence-electron chi connectivity index (χ3n) is 5.29. The van der Waals surface area contributed by atoms with Crippen molar-refractivity contribution in [3.8, 4) is 0 Å². The van der Waals surface area contributed by atoms with Crippen LogP contribution >= 0.6 is 23.1 Å². The van der Waals surface area contributed by atoms with Crippen molar-refractivity contribution in [2.75, 3.05) is 16.4 Å². The minimum Gasteiger partial charge on any atom is -0.399 e. The average molecular weight is 515 g/mol. The number of rotatable bonds is 7. The number of carbonyl (C=O) groups excluding carboxylic acids is 1. The zero-order valence-electron chi connectivity index (χ0n) is 19.5. The van der Waals surface area contributed by atoms with Gasteiger partial charge in [-0.2, -0.15) is 0 Å². The van der Waals surface area contributed by atoms with Crippen LogP contribution in [0, 0.1) is 0 Å². The maximum Gasteiger partial charge on any atom is 0.257 e. The van der Waals surface area contributed by atoms with Crippen molar-refractivity contribution < 1.29 is 4.79 Å². The molecule has 0 aliphatic heterocycles. The molecule has 3 aromatic heterocycles. The summed E-state index contributed by atoms with van der Waals surface area (Å²) in [7, 11) is 0. The summed E-state index contributed by atoms with van der Waals surface area (Å²) < 4.78 is 0. The second kappa shape index (κ2) is 10.3. The molecule has 5 aromatic rings. The van der Waals surface area contributed by atoms with E-state index in [-0.39, 0.29) is 11.8 Å². The Kier molecular flexibility index (Phi) is 6.74. The second-order valence-electron chi connectivity index (χ2n) is 8.19. The Balaban J connectivity index is 1.52. The first kappa shape index (κ1) is 23.6. The average Bonchev–Trinajstić information content (AvgIpc) is 3.39. The standard InChI is InChI=1S/C25H22N8OS2/c1-14(2)19-9-8-18-22(30-19)27-12-28-23(18)31-20-11-15(24(34)32-25-33-29-13-35-25)3-10-21(20)36-17-6-4-16(26)5-7-17/h3-14H,26H2,1-2H3,(H,32,33,34)(H,27,28,30,31). The van der Waals surface area contributed by atoms with Crippen molar-refractivity contribution in [3.05, 3.63) is 77.7 Å². The van der Waals surface area contributed by atoms with Gasteiger partial charge in [0.05, 0.1) is 11.1 Å². The van der Waals surface area contributed by atoms with Crippen LogP contribution in [0.2, 0.25) is 0 Å². The van der Waals surface area contributed by atoms with Crippen molar-refractivity contribution in [1.29, 1.82) is 0 Å². The monoisotopic (exact) mass is 514 g/mol. The van der Waals surface area contributed by atoms with Gasteiger partial charge in [-0.25, -0.2) is 15.0 Å². The summed E-state index contributed by atoms with van der Waals surface area (Å²) in [4.78, 5) is 28.3. The summed E-state index contributed by atoms with van der Waals surface area (Å²) in [5.41, 5.74) is 10.9. The van der Waals surface area contributed by atoms with Gasteiger partial charge in [-0.1, -0.05) is 36.9 Å². The predicted molar refractivity (Wildman–Crippen MR) is 144 cm³/mol. The molecule has 0 atom stereocenters. The normalized spacial score (nSPS) is 11.1. The smallest absolute Gasteiger partial charge is 0.257 e. The van der Waals surface area contributed by atoms with E-state index >= 15 is 0 Å². The zero-order chi connectivity index (χ0) is 25.1. The third kappa shape index (κ3) is 5.26. The van der Waals surface area contributed by atoms with Crippen LogP contribution in [-0.2, 0) is 0 Å². The highest BCUT2D eigenvalue weighted by Crippen LogP contribution is 2.37. The number of anilines is 4. The van der Waals surface area contributed by atoms with Gasteiger partial charge in [0.2, 0.25) is 5.13 Å². The van der Waals surface area contributed by atoms with E-state index in [2.05, 4.69) is 49.6 Å². The first-order valence-electron chi connectivity index (χ1n) is 11.1. The number of amides is 1. The Hall–Kier alpha value is -4.09. The minimum absolute atomic E-state index is 0.283. The van der Waals surface area contributed by atoms with Crippen LogP contribution in [0.15, 0.2) is 76.2 Å². The van der Waals surface area contributed by atoms with Crippen molar-refractivity contribution in [1.82, 2.24) is 25.1 Å². The van der Waals surface area contributed by atoms with Crippen molar-refractivity contribution >= 4 is 62.4 Å². The Bertz CT molecular complexity index is 1520. The number of hydrogen-bond donors (Lipinski definition) is 3. The van der Waals surface area contributed by atoms with Crippen LogP contribution in [0.1, 0.15) is 35.8 Å². The van der Waals surface area contributed by atoms with Gasteiger partial charge < -0.3 is 11.1 Å². The minimum atomic E-state index is -0.283. The van der Waals surface area contributed by atoms with Gasteiger partial charge in [-0.05, 0) is 60.5 Å². The highest BCUT2D eigenvalue weighted by molar-refractivity contribution is 7.99. The SMILES string of the molecule is CC(C)c1ccc2c(Nc3cc(C(=O)Nc4nncs4)ccc3Sc3ccc(N)cc3)ncnc2n1. The molecule has 0 unspecified atom stereocenters. The molecule has 0 saturated carbocycles. The van der Waals surface area contributed by atoms with E-state index in [4.69, 9.17) is 5.73 Å². The topological polar surface area (TPSA) is 132 Å². The Labute approximate surface area is 215 Å². The Morgan fingerprint density at radius 2 is 1.89 bits per heavy atom. The maximum absolute atomic E-state index is 12.9. The van der Waals surface area contributed by atoms with Gasteiger partial charge in [-0.15, -0.1) is 10.2 Å². The number of fused-ring (bicyclic) bond motifs is 1. The predicted octanol–water partition coefficient (Wildman–Crippen LogP) is 5.73. The van der Waals surface area contributed by atoms with Gasteiger partial charge in [0.25, 0.3) is 5.91 Å². The summed E-state index contributed by atoms with van der Waals surface area (Å²) in [6.07, 6.45) is 1.49. The summed E-state index contributed by atoms with van der Waals surface area (Å²) in [6, 6.07) is 17.0. The van der Waals surface area contributed by atoms with Crippen molar-refractivity contribution in [2.45, 2.75) is 29.6 Å². The van der Waals surface area contributed by atoms with Crippen LogP contribution in [0.5, 0.6) is 0 Å². The number of hydrogen-bond acceptors (Lipinski definition) is 10. The summed E-state index contributed by atoms with van der Waals surface area (Å²) in [5.74, 6) is 0.602. The molecule has 9 nitrogen and oxygen atoms in total. The molecular formula is C25H22N8OS2. The van der Waals surface area contributed by atoms with Crippen LogP contribution < -0.4 is 16.4 Å². The molecule has 180 valence electrons. The second-order valence-corrected chi connectivity index (χ2v) is 10.1. The number of nitrogen functional groups attached to an aromatic ring is 1. The first-order valence-corrected chi connectivity index (χ1v) is 12.8. The molecule has 0 radical (unpaired) electrons. The fourth-order valence-electron chi connectivity index (χ4n) is 3.42. The number of nitrogens with one attached hydrogen (secondary N) is 2. The summed E-state index contributed by atoms with van der Waals surface area (Å²) in [5, 5.41) is 15.1. The number of benzene rings is 2. The maximum atomic E-state index is 12.9. The Morgan fingerprint density at radius 3 is 2.64 bits per heavy atom. The number of carbonyl (C=O) groups is 1. The molecule has 0 spiro atoms.